The molecule has 0 aliphatic carbocycles. The van der Waals surface area contributed by atoms with E-state index in [1.54, 1.807) is 24.3 Å². The van der Waals surface area contributed by atoms with Crippen molar-refractivity contribution in [2.75, 3.05) is 14.2 Å². The van der Waals surface area contributed by atoms with Gasteiger partial charge in [-0.3, -0.25) is 9.59 Å². The fourth-order valence-corrected chi connectivity index (χ4v) is 2.06. The summed E-state index contributed by atoms with van der Waals surface area (Å²) >= 11 is 0. The number of methoxy groups -OCH3 is 2. The van der Waals surface area contributed by atoms with E-state index in [0.29, 0.717) is 17.1 Å². The molecule has 2 aromatic carbocycles. The first-order valence-corrected chi connectivity index (χ1v) is 6.63. The van der Waals surface area contributed by atoms with Crippen molar-refractivity contribution in [1.29, 1.82) is 0 Å². The van der Waals surface area contributed by atoms with Crippen molar-refractivity contribution in [2.24, 2.45) is 0 Å². The summed E-state index contributed by atoms with van der Waals surface area (Å²) in [6, 6.07) is 10.8. The Bertz CT molecular complexity index is 706. The quantitative estimate of drug-likeness (QED) is 0.656. The predicted molar refractivity (Wildman–Crippen MR) is 80.9 cm³/mol. The van der Waals surface area contributed by atoms with Crippen LogP contribution in [-0.4, -0.2) is 30.9 Å². The molecular formula is C17H16O5. The third kappa shape index (κ3) is 3.25. The summed E-state index contributed by atoms with van der Waals surface area (Å²) in [5.74, 6) is 0.00846. The highest BCUT2D eigenvalue weighted by Crippen LogP contribution is 2.28. The third-order valence-electron chi connectivity index (χ3n) is 3.23. The van der Waals surface area contributed by atoms with Gasteiger partial charge in [-0.15, -0.1) is 0 Å². The minimum Gasteiger partial charge on any atom is -0.507 e. The number of ether oxygens (including phenoxy) is 2. The molecule has 114 valence electrons. The van der Waals surface area contributed by atoms with Crippen molar-refractivity contribution in [3.05, 3.63) is 53.6 Å². The Balaban J connectivity index is 2.19. The molecule has 0 saturated carbocycles. The molecule has 0 unspecified atom stereocenters. The number of aromatic hydroxyl groups is 1. The molecule has 0 aliphatic rings. The van der Waals surface area contributed by atoms with E-state index in [4.69, 9.17) is 9.47 Å². The van der Waals surface area contributed by atoms with Gasteiger partial charge in [0.25, 0.3) is 0 Å². The summed E-state index contributed by atoms with van der Waals surface area (Å²) in [5, 5.41) is 9.65. The standard InChI is InChI=1S/C17H16O5/c1-21-16-8-7-11(9-17(16)22-2)14(19)10-15(20)12-5-3-4-6-13(12)18/h3-9,18H,10H2,1-2H3. The van der Waals surface area contributed by atoms with Crippen molar-refractivity contribution in [3.63, 3.8) is 0 Å². The van der Waals surface area contributed by atoms with Gasteiger partial charge < -0.3 is 14.6 Å². The first-order valence-electron chi connectivity index (χ1n) is 6.63. The molecule has 0 aromatic heterocycles. The largest absolute Gasteiger partial charge is 0.507 e. The summed E-state index contributed by atoms with van der Waals surface area (Å²) in [7, 11) is 2.97. The second-order valence-corrected chi connectivity index (χ2v) is 4.61. The van der Waals surface area contributed by atoms with E-state index in [1.165, 1.54) is 32.4 Å². The van der Waals surface area contributed by atoms with E-state index < -0.39 is 5.78 Å². The van der Waals surface area contributed by atoms with Crippen LogP contribution in [0.2, 0.25) is 0 Å². The van der Waals surface area contributed by atoms with E-state index in [-0.39, 0.29) is 23.5 Å². The Hall–Kier alpha value is -2.82. The Morgan fingerprint density at radius 1 is 0.955 bits per heavy atom. The first-order chi connectivity index (χ1) is 10.6. The Kier molecular flexibility index (Phi) is 4.78. The van der Waals surface area contributed by atoms with Crippen LogP contribution in [0.1, 0.15) is 27.1 Å². The number of phenols is 1. The number of para-hydroxylation sites is 1. The maximum absolute atomic E-state index is 12.2. The van der Waals surface area contributed by atoms with Crippen LogP contribution in [0, 0.1) is 0 Å². The zero-order chi connectivity index (χ0) is 16.1. The molecule has 1 N–H and O–H groups in total. The zero-order valence-corrected chi connectivity index (χ0v) is 12.3. The first kappa shape index (κ1) is 15.6. The van der Waals surface area contributed by atoms with E-state index in [1.807, 2.05) is 0 Å². The van der Waals surface area contributed by atoms with Gasteiger partial charge in [0, 0.05) is 5.56 Å². The van der Waals surface area contributed by atoms with Crippen LogP contribution in [-0.2, 0) is 0 Å². The number of rotatable bonds is 6. The fraction of sp³-hybridized carbons (Fsp3) is 0.176. The van der Waals surface area contributed by atoms with Gasteiger partial charge in [0.15, 0.2) is 23.1 Å². The van der Waals surface area contributed by atoms with Crippen LogP contribution >= 0.6 is 0 Å². The Morgan fingerprint density at radius 2 is 1.64 bits per heavy atom. The predicted octanol–water partition coefficient (Wildman–Crippen LogP) is 2.87. The number of hydrogen-bond donors (Lipinski definition) is 1. The SMILES string of the molecule is COc1ccc(C(=O)CC(=O)c2ccccc2O)cc1OC. The van der Waals surface area contributed by atoms with E-state index >= 15 is 0 Å². The van der Waals surface area contributed by atoms with Gasteiger partial charge in [-0.2, -0.15) is 0 Å². The maximum atomic E-state index is 12.2. The summed E-state index contributed by atoms with van der Waals surface area (Å²) in [4.78, 5) is 24.3. The minimum atomic E-state index is -0.433. The summed E-state index contributed by atoms with van der Waals surface area (Å²) in [6.07, 6.45) is -0.326. The topological polar surface area (TPSA) is 72.8 Å². The maximum Gasteiger partial charge on any atom is 0.174 e. The van der Waals surface area contributed by atoms with Gasteiger partial charge in [-0.05, 0) is 30.3 Å². The highest BCUT2D eigenvalue weighted by molar-refractivity contribution is 6.14. The molecule has 0 amide bonds. The average molecular weight is 300 g/mol. The molecule has 0 saturated heterocycles. The molecule has 0 aliphatic heterocycles. The van der Waals surface area contributed by atoms with Crippen LogP contribution in [0.25, 0.3) is 0 Å². The zero-order valence-electron chi connectivity index (χ0n) is 12.3. The van der Waals surface area contributed by atoms with Gasteiger partial charge >= 0.3 is 0 Å². The lowest BCUT2D eigenvalue weighted by Gasteiger charge is -2.09. The molecule has 0 fully saturated rings. The van der Waals surface area contributed by atoms with E-state index in [0.717, 1.165) is 0 Å². The Morgan fingerprint density at radius 3 is 2.27 bits per heavy atom. The molecule has 0 radical (unpaired) electrons. The molecule has 0 heterocycles. The summed E-state index contributed by atoms with van der Waals surface area (Å²) < 4.78 is 10.2. The number of ketones is 2. The molecule has 0 atom stereocenters. The number of benzene rings is 2. The van der Waals surface area contributed by atoms with Crippen LogP contribution in [0.5, 0.6) is 17.2 Å². The van der Waals surface area contributed by atoms with Crippen LogP contribution in [0.15, 0.2) is 42.5 Å². The molecule has 5 nitrogen and oxygen atoms in total. The average Bonchev–Trinajstić information content (AvgIpc) is 2.54. The number of carbonyl (C=O) groups is 2. The normalized spacial score (nSPS) is 10.1. The second-order valence-electron chi connectivity index (χ2n) is 4.61. The number of carbonyl (C=O) groups excluding carboxylic acids is 2. The summed E-state index contributed by atoms with van der Waals surface area (Å²) in [5.41, 5.74) is 0.484. The van der Waals surface area contributed by atoms with Crippen molar-refractivity contribution in [3.8, 4) is 17.2 Å². The van der Waals surface area contributed by atoms with Crippen LogP contribution < -0.4 is 9.47 Å². The lowest BCUT2D eigenvalue weighted by atomic mass is 10.0. The monoisotopic (exact) mass is 300 g/mol. The lowest BCUT2D eigenvalue weighted by molar-refractivity contribution is 0.0893. The van der Waals surface area contributed by atoms with Gasteiger partial charge in [-0.1, -0.05) is 12.1 Å². The molecule has 0 spiro atoms. The minimum absolute atomic E-state index is 0.132. The number of Topliss-reactive ketones (excluding diaryl/α,β-unsaturated/α-hetero) is 2. The molecule has 0 bridgehead atoms. The van der Waals surface area contributed by atoms with E-state index in [9.17, 15) is 14.7 Å². The number of hydrogen-bond acceptors (Lipinski definition) is 5. The van der Waals surface area contributed by atoms with Crippen molar-refractivity contribution in [2.45, 2.75) is 6.42 Å². The van der Waals surface area contributed by atoms with Crippen molar-refractivity contribution >= 4 is 11.6 Å². The fourth-order valence-electron chi connectivity index (χ4n) is 2.06. The van der Waals surface area contributed by atoms with E-state index in [2.05, 4.69) is 0 Å². The Labute approximate surface area is 128 Å². The van der Waals surface area contributed by atoms with Crippen molar-refractivity contribution in [1.82, 2.24) is 0 Å². The highest BCUT2D eigenvalue weighted by Gasteiger charge is 2.17. The molecular weight excluding hydrogens is 284 g/mol. The van der Waals surface area contributed by atoms with Crippen LogP contribution in [0.3, 0.4) is 0 Å². The third-order valence-corrected chi connectivity index (χ3v) is 3.23. The molecule has 22 heavy (non-hydrogen) atoms. The molecule has 5 heteroatoms. The number of phenolic OH excluding ortho intramolecular Hbond substituents is 1. The summed E-state index contributed by atoms with van der Waals surface area (Å²) in [6.45, 7) is 0. The highest BCUT2D eigenvalue weighted by atomic mass is 16.5. The van der Waals surface area contributed by atoms with Crippen molar-refractivity contribution < 1.29 is 24.2 Å². The van der Waals surface area contributed by atoms with Crippen LogP contribution in [0.4, 0.5) is 0 Å². The second kappa shape index (κ2) is 6.76. The van der Waals surface area contributed by atoms with Gasteiger partial charge in [0.1, 0.15) is 5.75 Å². The molecule has 2 rings (SSSR count). The van der Waals surface area contributed by atoms with Gasteiger partial charge in [-0.25, -0.2) is 0 Å². The lowest BCUT2D eigenvalue weighted by Crippen LogP contribution is -2.09. The smallest absolute Gasteiger partial charge is 0.174 e. The van der Waals surface area contributed by atoms with Gasteiger partial charge in [0.05, 0.1) is 26.2 Å². The van der Waals surface area contributed by atoms with Gasteiger partial charge in [0.2, 0.25) is 0 Å². The molecule has 2 aromatic rings.